The molecule has 2 aromatic rings. The molecule has 0 atom stereocenters. The van der Waals surface area contributed by atoms with Gasteiger partial charge in [0.25, 0.3) is 5.69 Å². The lowest BCUT2D eigenvalue weighted by molar-refractivity contribution is -0.383. The number of fused-ring (bicyclic) bond motifs is 1. The van der Waals surface area contributed by atoms with Gasteiger partial charge in [-0.15, -0.1) is 0 Å². The fourth-order valence-corrected chi connectivity index (χ4v) is 2.21. The zero-order chi connectivity index (χ0) is 11.7. The van der Waals surface area contributed by atoms with Crippen molar-refractivity contribution in [1.82, 2.24) is 9.55 Å². The average molecular weight is 284 g/mol. The maximum absolute atomic E-state index is 10.9. The van der Waals surface area contributed by atoms with E-state index in [1.807, 2.05) is 17.6 Å². The molecule has 0 aliphatic carbocycles. The highest BCUT2D eigenvalue weighted by atomic mass is 79.9. The SMILES string of the molecule is CCn1c(CBr)nc2c([N+](=O)[O-])cccc21. The number of hydrogen-bond acceptors (Lipinski definition) is 3. The molecule has 0 saturated heterocycles. The molecule has 1 heterocycles. The third kappa shape index (κ3) is 1.59. The maximum atomic E-state index is 10.9. The molecule has 0 amide bonds. The van der Waals surface area contributed by atoms with Crippen LogP contribution in [-0.4, -0.2) is 14.5 Å². The predicted octanol–water partition coefficient (Wildman–Crippen LogP) is 2.86. The van der Waals surface area contributed by atoms with E-state index in [4.69, 9.17) is 0 Å². The lowest BCUT2D eigenvalue weighted by Crippen LogP contribution is -1.98. The number of halogens is 1. The number of imidazole rings is 1. The molecule has 0 aliphatic rings. The van der Waals surface area contributed by atoms with Gasteiger partial charge in [0.15, 0.2) is 5.52 Å². The molecule has 16 heavy (non-hydrogen) atoms. The van der Waals surface area contributed by atoms with E-state index in [1.54, 1.807) is 6.07 Å². The van der Waals surface area contributed by atoms with E-state index in [0.29, 0.717) is 10.8 Å². The molecule has 0 N–H and O–H groups in total. The molecule has 0 saturated carbocycles. The summed E-state index contributed by atoms with van der Waals surface area (Å²) in [5.74, 6) is 0.812. The van der Waals surface area contributed by atoms with Crippen molar-refractivity contribution in [3.8, 4) is 0 Å². The Morgan fingerprint density at radius 2 is 2.31 bits per heavy atom. The Morgan fingerprint density at radius 1 is 1.56 bits per heavy atom. The van der Waals surface area contributed by atoms with Gasteiger partial charge in [0.05, 0.1) is 15.8 Å². The minimum atomic E-state index is -0.395. The summed E-state index contributed by atoms with van der Waals surface area (Å²) in [5.41, 5.74) is 1.34. The molecule has 0 fully saturated rings. The Morgan fingerprint density at radius 3 is 2.88 bits per heavy atom. The molecule has 1 aromatic heterocycles. The first-order chi connectivity index (χ1) is 7.69. The number of benzene rings is 1. The number of nitro benzene ring substituents is 1. The number of non-ortho nitro benzene ring substituents is 1. The molecule has 0 unspecified atom stereocenters. The standard InChI is InChI=1S/C10H10BrN3O2/c1-2-13-7-4-3-5-8(14(15)16)10(7)12-9(13)6-11/h3-5H,2,6H2,1H3. The van der Waals surface area contributed by atoms with Crippen LogP contribution in [0.4, 0.5) is 5.69 Å². The summed E-state index contributed by atoms with van der Waals surface area (Å²) in [6.07, 6.45) is 0. The van der Waals surface area contributed by atoms with Crippen molar-refractivity contribution in [3.05, 3.63) is 34.1 Å². The third-order valence-corrected chi connectivity index (χ3v) is 2.97. The van der Waals surface area contributed by atoms with Crippen LogP contribution in [0.3, 0.4) is 0 Å². The van der Waals surface area contributed by atoms with Crippen LogP contribution in [-0.2, 0) is 11.9 Å². The Labute approximate surface area is 100 Å². The summed E-state index contributed by atoms with van der Waals surface area (Å²) in [4.78, 5) is 14.8. The fourth-order valence-electron chi connectivity index (χ4n) is 1.78. The Bertz CT molecular complexity index is 550. The first-order valence-corrected chi connectivity index (χ1v) is 5.99. The summed E-state index contributed by atoms with van der Waals surface area (Å²) in [6, 6.07) is 5.02. The summed E-state index contributed by atoms with van der Waals surface area (Å²) >= 11 is 3.34. The zero-order valence-corrected chi connectivity index (χ0v) is 10.3. The molecule has 84 valence electrons. The van der Waals surface area contributed by atoms with Crippen LogP contribution in [0.25, 0.3) is 11.0 Å². The Kier molecular flexibility index (Phi) is 2.91. The number of alkyl halides is 1. The Hall–Kier alpha value is -1.43. The van der Waals surface area contributed by atoms with Gasteiger partial charge in [0.1, 0.15) is 5.82 Å². The van der Waals surface area contributed by atoms with Crippen molar-refractivity contribution >= 4 is 32.7 Å². The lowest BCUT2D eigenvalue weighted by Gasteiger charge is -2.02. The van der Waals surface area contributed by atoms with Crippen molar-refractivity contribution < 1.29 is 4.92 Å². The third-order valence-electron chi connectivity index (χ3n) is 2.47. The first-order valence-electron chi connectivity index (χ1n) is 4.87. The van der Waals surface area contributed by atoms with Gasteiger partial charge >= 0.3 is 0 Å². The van der Waals surface area contributed by atoms with E-state index in [-0.39, 0.29) is 5.69 Å². The monoisotopic (exact) mass is 283 g/mol. The molecular formula is C10H10BrN3O2. The van der Waals surface area contributed by atoms with E-state index in [2.05, 4.69) is 20.9 Å². The second-order valence-corrected chi connectivity index (χ2v) is 3.87. The van der Waals surface area contributed by atoms with Crippen molar-refractivity contribution in [3.63, 3.8) is 0 Å². The van der Waals surface area contributed by atoms with Crippen LogP contribution in [0.15, 0.2) is 18.2 Å². The van der Waals surface area contributed by atoms with E-state index in [9.17, 15) is 10.1 Å². The number of rotatable bonds is 3. The highest BCUT2D eigenvalue weighted by Gasteiger charge is 2.17. The summed E-state index contributed by atoms with van der Waals surface area (Å²) in [5, 5.41) is 11.4. The number of para-hydroxylation sites is 1. The number of nitro groups is 1. The molecule has 1 aromatic carbocycles. The maximum Gasteiger partial charge on any atom is 0.297 e. The van der Waals surface area contributed by atoms with E-state index in [0.717, 1.165) is 17.9 Å². The summed E-state index contributed by atoms with van der Waals surface area (Å²) < 4.78 is 1.97. The van der Waals surface area contributed by atoms with E-state index >= 15 is 0 Å². The van der Waals surface area contributed by atoms with Crippen molar-refractivity contribution in [1.29, 1.82) is 0 Å². The van der Waals surface area contributed by atoms with Crippen molar-refractivity contribution in [2.24, 2.45) is 0 Å². The number of aromatic nitrogens is 2. The molecule has 2 rings (SSSR count). The van der Waals surface area contributed by atoms with Crippen LogP contribution >= 0.6 is 15.9 Å². The van der Waals surface area contributed by atoms with Crippen LogP contribution in [0.2, 0.25) is 0 Å². The van der Waals surface area contributed by atoms with Crippen LogP contribution in [0, 0.1) is 10.1 Å². The van der Waals surface area contributed by atoms with Crippen molar-refractivity contribution in [2.75, 3.05) is 0 Å². The molecule has 5 nitrogen and oxygen atoms in total. The summed E-state index contributed by atoms with van der Waals surface area (Å²) in [7, 11) is 0. The summed E-state index contributed by atoms with van der Waals surface area (Å²) in [6.45, 7) is 2.74. The smallest absolute Gasteiger partial charge is 0.297 e. The van der Waals surface area contributed by atoms with Crippen LogP contribution in [0.5, 0.6) is 0 Å². The van der Waals surface area contributed by atoms with Crippen molar-refractivity contribution in [2.45, 2.75) is 18.8 Å². The number of nitrogens with zero attached hydrogens (tertiary/aromatic N) is 3. The minimum absolute atomic E-state index is 0.0619. The second kappa shape index (κ2) is 4.21. The van der Waals surface area contributed by atoms with Gasteiger partial charge in [-0.05, 0) is 13.0 Å². The van der Waals surface area contributed by atoms with Gasteiger partial charge in [-0.2, -0.15) is 0 Å². The first kappa shape index (κ1) is 11.1. The normalized spacial score (nSPS) is 10.9. The molecule has 0 bridgehead atoms. The topological polar surface area (TPSA) is 61.0 Å². The van der Waals surface area contributed by atoms with Gasteiger partial charge in [0.2, 0.25) is 0 Å². The largest absolute Gasteiger partial charge is 0.327 e. The highest BCUT2D eigenvalue weighted by Crippen LogP contribution is 2.26. The van der Waals surface area contributed by atoms with E-state index < -0.39 is 4.92 Å². The number of hydrogen-bond donors (Lipinski definition) is 0. The molecule has 0 spiro atoms. The van der Waals surface area contributed by atoms with Gasteiger partial charge in [0, 0.05) is 12.6 Å². The quantitative estimate of drug-likeness (QED) is 0.494. The Balaban J connectivity index is 2.80. The fraction of sp³-hybridized carbons (Fsp3) is 0.300. The second-order valence-electron chi connectivity index (χ2n) is 3.31. The predicted molar refractivity (Wildman–Crippen MR) is 64.7 cm³/mol. The molecule has 6 heteroatoms. The zero-order valence-electron chi connectivity index (χ0n) is 8.68. The minimum Gasteiger partial charge on any atom is -0.327 e. The van der Waals surface area contributed by atoms with Crippen LogP contribution < -0.4 is 0 Å². The van der Waals surface area contributed by atoms with Gasteiger partial charge < -0.3 is 4.57 Å². The van der Waals surface area contributed by atoms with Gasteiger partial charge in [-0.3, -0.25) is 10.1 Å². The average Bonchev–Trinajstić information content (AvgIpc) is 2.65. The lowest BCUT2D eigenvalue weighted by atomic mass is 10.2. The van der Waals surface area contributed by atoms with E-state index in [1.165, 1.54) is 6.07 Å². The molecule has 0 radical (unpaired) electrons. The van der Waals surface area contributed by atoms with Gasteiger partial charge in [-0.1, -0.05) is 22.0 Å². The van der Waals surface area contributed by atoms with Gasteiger partial charge in [-0.25, -0.2) is 4.98 Å². The van der Waals surface area contributed by atoms with Crippen LogP contribution in [0.1, 0.15) is 12.7 Å². The number of aryl methyl sites for hydroxylation is 1. The highest BCUT2D eigenvalue weighted by molar-refractivity contribution is 9.08. The molecule has 0 aliphatic heterocycles. The molecular weight excluding hydrogens is 274 g/mol.